The van der Waals surface area contributed by atoms with Crippen molar-refractivity contribution in [3.8, 4) is 17.0 Å². The number of fused-ring (bicyclic) bond motifs is 1. The Morgan fingerprint density at radius 1 is 1.18 bits per heavy atom. The maximum absolute atomic E-state index is 12.6. The van der Waals surface area contributed by atoms with Crippen molar-refractivity contribution >= 4 is 23.2 Å². The summed E-state index contributed by atoms with van der Waals surface area (Å²) >= 11 is 6.02. The van der Waals surface area contributed by atoms with Gasteiger partial charge in [-0.25, -0.2) is 9.13 Å². The smallest absolute Gasteiger partial charge is 0.266 e. The third-order valence-corrected chi connectivity index (χ3v) is 5.15. The summed E-state index contributed by atoms with van der Waals surface area (Å²) in [6.07, 6.45) is 4.14. The lowest BCUT2D eigenvalue weighted by Crippen LogP contribution is -2.42. The van der Waals surface area contributed by atoms with Crippen molar-refractivity contribution in [1.82, 2.24) is 4.57 Å². The van der Waals surface area contributed by atoms with Crippen LogP contribution in [0.15, 0.2) is 54.7 Å². The van der Waals surface area contributed by atoms with Gasteiger partial charge in [0, 0.05) is 16.3 Å². The molecule has 0 saturated carbocycles. The van der Waals surface area contributed by atoms with E-state index in [-0.39, 0.29) is 12.5 Å². The van der Waals surface area contributed by atoms with Gasteiger partial charge in [-0.2, -0.15) is 0 Å². The first-order chi connectivity index (χ1) is 13.6. The van der Waals surface area contributed by atoms with Crippen molar-refractivity contribution in [3.05, 3.63) is 65.6 Å². The first-order valence-electron chi connectivity index (χ1n) is 9.54. The first kappa shape index (κ1) is 18.6. The quantitative estimate of drug-likeness (QED) is 0.638. The minimum absolute atomic E-state index is 0.0443. The highest BCUT2D eigenvalue weighted by Gasteiger charge is 2.29. The van der Waals surface area contributed by atoms with Crippen molar-refractivity contribution in [1.29, 1.82) is 0 Å². The number of halogens is 1. The summed E-state index contributed by atoms with van der Waals surface area (Å²) < 4.78 is 9.79. The van der Waals surface area contributed by atoms with Crippen LogP contribution in [0.5, 0.6) is 5.75 Å². The number of amides is 1. The minimum Gasteiger partial charge on any atom is -0.494 e. The largest absolute Gasteiger partial charge is 0.494 e. The second-order valence-corrected chi connectivity index (χ2v) is 7.26. The number of benzene rings is 2. The summed E-state index contributed by atoms with van der Waals surface area (Å²) in [5, 5.41) is 3.69. The number of hydrogen-bond acceptors (Lipinski definition) is 2. The van der Waals surface area contributed by atoms with Crippen molar-refractivity contribution in [2.45, 2.75) is 32.9 Å². The number of ether oxygens (including phenoxy) is 1. The predicted octanol–water partition coefficient (Wildman–Crippen LogP) is 4.08. The Hall–Kier alpha value is -2.79. The molecular formula is C22H23ClN3O2+. The van der Waals surface area contributed by atoms with Crippen LogP contribution >= 0.6 is 11.6 Å². The summed E-state index contributed by atoms with van der Waals surface area (Å²) in [6, 6.07) is 15.3. The molecule has 3 aromatic rings. The fourth-order valence-electron chi connectivity index (χ4n) is 3.65. The van der Waals surface area contributed by atoms with Crippen LogP contribution in [-0.2, 0) is 24.3 Å². The molecule has 2 aromatic carbocycles. The zero-order chi connectivity index (χ0) is 19.5. The van der Waals surface area contributed by atoms with Crippen molar-refractivity contribution in [3.63, 3.8) is 0 Å². The van der Waals surface area contributed by atoms with Gasteiger partial charge >= 0.3 is 0 Å². The molecule has 1 N–H and O–H groups in total. The van der Waals surface area contributed by atoms with E-state index in [4.69, 9.17) is 16.3 Å². The van der Waals surface area contributed by atoms with E-state index >= 15 is 0 Å². The summed E-state index contributed by atoms with van der Waals surface area (Å²) in [5.74, 6) is 1.94. The molecule has 1 aliphatic heterocycles. The normalized spacial score (nSPS) is 12.6. The van der Waals surface area contributed by atoms with Crippen LogP contribution < -0.4 is 14.6 Å². The molecule has 6 heteroatoms. The first-order valence-corrected chi connectivity index (χ1v) is 9.92. The molecule has 0 atom stereocenters. The second-order valence-electron chi connectivity index (χ2n) is 6.83. The third kappa shape index (κ3) is 3.90. The number of carbonyl (C=O) groups excluding carboxylic acids is 1. The maximum Gasteiger partial charge on any atom is 0.266 e. The van der Waals surface area contributed by atoms with E-state index in [0.29, 0.717) is 6.61 Å². The SMILES string of the molecule is CCOc1ccc(NC(=O)C[n+]2cc(-c3ccc(Cl)cc3)n3c2CCC3)cc1. The number of anilines is 1. The number of nitrogens with one attached hydrogen (secondary N) is 1. The number of rotatable bonds is 6. The van der Waals surface area contributed by atoms with Gasteiger partial charge in [0.15, 0.2) is 12.2 Å². The molecular weight excluding hydrogens is 374 g/mol. The van der Waals surface area contributed by atoms with Gasteiger partial charge in [0.25, 0.3) is 11.7 Å². The van der Waals surface area contributed by atoms with Crippen molar-refractivity contribution in [2.24, 2.45) is 0 Å². The van der Waals surface area contributed by atoms with Crippen molar-refractivity contribution in [2.75, 3.05) is 11.9 Å². The van der Waals surface area contributed by atoms with Crippen LogP contribution in [0.1, 0.15) is 19.2 Å². The molecule has 5 nitrogen and oxygen atoms in total. The van der Waals surface area contributed by atoms with E-state index in [2.05, 4.69) is 20.6 Å². The van der Waals surface area contributed by atoms with Crippen LogP contribution in [0, 0.1) is 0 Å². The molecule has 2 heterocycles. The molecule has 1 aliphatic rings. The molecule has 0 saturated heterocycles. The minimum atomic E-state index is -0.0443. The highest BCUT2D eigenvalue weighted by atomic mass is 35.5. The van der Waals surface area contributed by atoms with E-state index in [1.165, 1.54) is 5.82 Å². The van der Waals surface area contributed by atoms with Crippen LogP contribution in [0.2, 0.25) is 5.02 Å². The van der Waals surface area contributed by atoms with Gasteiger partial charge in [-0.15, -0.1) is 0 Å². The van der Waals surface area contributed by atoms with Crippen LogP contribution in [-0.4, -0.2) is 17.1 Å². The number of hydrogen-bond donors (Lipinski definition) is 1. The predicted molar refractivity (Wildman–Crippen MR) is 110 cm³/mol. The Bertz CT molecular complexity index is 978. The van der Waals surface area contributed by atoms with Crippen LogP contribution in [0.25, 0.3) is 11.3 Å². The molecule has 1 amide bonds. The monoisotopic (exact) mass is 396 g/mol. The Morgan fingerprint density at radius 3 is 2.64 bits per heavy atom. The van der Waals surface area contributed by atoms with Gasteiger partial charge in [-0.05, 0) is 61.9 Å². The average Bonchev–Trinajstić information content (AvgIpc) is 3.28. The molecule has 1 aromatic heterocycles. The lowest BCUT2D eigenvalue weighted by molar-refractivity contribution is -0.690. The van der Waals surface area contributed by atoms with Gasteiger partial charge in [-0.3, -0.25) is 4.79 Å². The average molecular weight is 397 g/mol. The van der Waals surface area contributed by atoms with Crippen molar-refractivity contribution < 1.29 is 14.1 Å². The molecule has 144 valence electrons. The fraction of sp³-hybridized carbons (Fsp3) is 0.273. The number of imidazole rings is 1. The molecule has 28 heavy (non-hydrogen) atoms. The highest BCUT2D eigenvalue weighted by Crippen LogP contribution is 2.26. The van der Waals surface area contributed by atoms with E-state index in [1.54, 1.807) is 0 Å². The zero-order valence-electron chi connectivity index (χ0n) is 15.8. The topological polar surface area (TPSA) is 47.1 Å². The number of nitrogens with zero attached hydrogens (tertiary/aromatic N) is 2. The van der Waals surface area contributed by atoms with Crippen LogP contribution in [0.3, 0.4) is 0 Å². The summed E-state index contributed by atoms with van der Waals surface area (Å²) in [4.78, 5) is 12.6. The van der Waals surface area contributed by atoms with E-state index in [9.17, 15) is 4.79 Å². The Labute approximate surface area is 169 Å². The maximum atomic E-state index is 12.6. The van der Waals surface area contributed by atoms with E-state index in [0.717, 1.165) is 47.1 Å². The summed E-state index contributed by atoms with van der Waals surface area (Å²) in [7, 11) is 0. The second kappa shape index (κ2) is 8.07. The Morgan fingerprint density at radius 2 is 1.93 bits per heavy atom. The molecule has 0 aliphatic carbocycles. The highest BCUT2D eigenvalue weighted by molar-refractivity contribution is 6.30. The molecule has 0 fully saturated rings. The fourth-order valence-corrected chi connectivity index (χ4v) is 3.78. The molecule has 0 unspecified atom stereocenters. The summed E-state index contributed by atoms with van der Waals surface area (Å²) in [5.41, 5.74) is 3.00. The molecule has 0 spiro atoms. The van der Waals surface area contributed by atoms with Crippen LogP contribution in [0.4, 0.5) is 5.69 Å². The van der Waals surface area contributed by atoms with Gasteiger partial charge in [0.2, 0.25) is 0 Å². The van der Waals surface area contributed by atoms with E-state index < -0.39 is 0 Å². The number of carbonyl (C=O) groups is 1. The molecule has 4 rings (SSSR count). The van der Waals surface area contributed by atoms with Gasteiger partial charge in [0.05, 0.1) is 19.6 Å². The van der Waals surface area contributed by atoms with E-state index in [1.807, 2.05) is 55.5 Å². The lowest BCUT2D eigenvalue weighted by Gasteiger charge is -2.06. The van der Waals surface area contributed by atoms with Gasteiger partial charge in [-0.1, -0.05) is 11.6 Å². The molecule has 0 bridgehead atoms. The molecule has 0 radical (unpaired) electrons. The Balaban J connectivity index is 1.51. The Kier molecular flexibility index (Phi) is 5.35. The lowest BCUT2D eigenvalue weighted by atomic mass is 10.2. The van der Waals surface area contributed by atoms with Gasteiger partial charge < -0.3 is 10.1 Å². The van der Waals surface area contributed by atoms with Gasteiger partial charge in [0.1, 0.15) is 11.9 Å². The summed E-state index contributed by atoms with van der Waals surface area (Å²) in [6.45, 7) is 3.83. The zero-order valence-corrected chi connectivity index (χ0v) is 16.6. The third-order valence-electron chi connectivity index (χ3n) is 4.90. The standard InChI is InChI=1S/C22H22ClN3O2/c1-2-28-19-11-9-18(10-12-19)24-21(27)15-25-14-20(26-13-3-4-22(25)26)16-5-7-17(23)8-6-16/h5-12,14H,2-4,13,15H2,1H3/p+1. The number of aromatic nitrogens is 2.